The van der Waals surface area contributed by atoms with Crippen molar-refractivity contribution in [3.8, 4) is 16.9 Å². The fourth-order valence-electron chi connectivity index (χ4n) is 2.37. The molecule has 80 valence electrons. The van der Waals surface area contributed by atoms with E-state index in [0.29, 0.717) is 0 Å². The molecule has 0 unspecified atom stereocenters. The summed E-state index contributed by atoms with van der Waals surface area (Å²) in [6.07, 6.45) is 2.86. The fraction of sp³-hybridized carbons (Fsp3) is 0.214. The highest BCUT2D eigenvalue weighted by Crippen LogP contribution is 2.38. The van der Waals surface area contributed by atoms with Gasteiger partial charge in [-0.3, -0.25) is 4.98 Å². The van der Waals surface area contributed by atoms with Gasteiger partial charge in [-0.1, -0.05) is 6.07 Å². The van der Waals surface area contributed by atoms with Crippen molar-refractivity contribution < 1.29 is 4.74 Å². The van der Waals surface area contributed by atoms with Gasteiger partial charge in [0.2, 0.25) is 0 Å². The molecular formula is C14H13NO. The van der Waals surface area contributed by atoms with Crippen LogP contribution >= 0.6 is 0 Å². The first-order valence-corrected chi connectivity index (χ1v) is 5.41. The molecule has 1 aromatic heterocycles. The third-order valence-corrected chi connectivity index (χ3v) is 3.24. The standard InChI is InChI=1S/C14H13NO/c1-9-14-8-10-7-11(16-2)3-4-12(10)13(14)5-6-15-9/h3-7H,8H2,1-2H3. The minimum absolute atomic E-state index is 0.928. The van der Waals surface area contributed by atoms with Crippen molar-refractivity contribution >= 4 is 0 Å². The first-order chi connectivity index (χ1) is 7.79. The molecule has 0 fully saturated rings. The van der Waals surface area contributed by atoms with E-state index < -0.39 is 0 Å². The SMILES string of the molecule is COc1ccc2c(c1)Cc1c-2ccnc1C. The number of ether oxygens (including phenoxy) is 1. The second-order valence-corrected chi connectivity index (χ2v) is 4.12. The van der Waals surface area contributed by atoms with Crippen molar-refractivity contribution in [2.45, 2.75) is 13.3 Å². The summed E-state index contributed by atoms with van der Waals surface area (Å²) >= 11 is 0. The molecule has 2 heteroatoms. The van der Waals surface area contributed by atoms with Crippen LogP contribution in [0.25, 0.3) is 11.1 Å². The molecule has 0 N–H and O–H groups in total. The average Bonchev–Trinajstić information content (AvgIpc) is 2.68. The molecule has 0 amide bonds. The van der Waals surface area contributed by atoms with Crippen LogP contribution in [0.2, 0.25) is 0 Å². The topological polar surface area (TPSA) is 22.1 Å². The number of fused-ring (bicyclic) bond motifs is 3. The summed E-state index contributed by atoms with van der Waals surface area (Å²) in [5.41, 5.74) is 6.47. The van der Waals surface area contributed by atoms with E-state index in [1.807, 2.05) is 12.3 Å². The highest BCUT2D eigenvalue weighted by Gasteiger charge is 2.20. The highest BCUT2D eigenvalue weighted by atomic mass is 16.5. The summed E-state index contributed by atoms with van der Waals surface area (Å²) in [6.45, 7) is 2.07. The lowest BCUT2D eigenvalue weighted by atomic mass is 10.1. The summed E-state index contributed by atoms with van der Waals surface area (Å²) in [4.78, 5) is 4.35. The number of aromatic nitrogens is 1. The van der Waals surface area contributed by atoms with E-state index in [2.05, 4.69) is 30.1 Å². The molecule has 0 saturated carbocycles. The lowest BCUT2D eigenvalue weighted by Crippen LogP contribution is -1.89. The van der Waals surface area contributed by atoms with E-state index >= 15 is 0 Å². The lowest BCUT2D eigenvalue weighted by molar-refractivity contribution is 0.414. The van der Waals surface area contributed by atoms with Crippen molar-refractivity contribution in [1.29, 1.82) is 0 Å². The van der Waals surface area contributed by atoms with Gasteiger partial charge in [-0.25, -0.2) is 0 Å². The van der Waals surface area contributed by atoms with E-state index in [4.69, 9.17) is 4.74 Å². The maximum absolute atomic E-state index is 5.25. The Morgan fingerprint density at radius 2 is 2.06 bits per heavy atom. The number of hydrogen-bond acceptors (Lipinski definition) is 2. The third-order valence-electron chi connectivity index (χ3n) is 3.24. The van der Waals surface area contributed by atoms with Crippen molar-refractivity contribution in [2.24, 2.45) is 0 Å². The van der Waals surface area contributed by atoms with Crippen LogP contribution in [0.4, 0.5) is 0 Å². The van der Waals surface area contributed by atoms with Crippen molar-refractivity contribution in [3.05, 3.63) is 47.3 Å². The van der Waals surface area contributed by atoms with Gasteiger partial charge in [0.25, 0.3) is 0 Å². The van der Waals surface area contributed by atoms with Crippen LogP contribution in [0.1, 0.15) is 16.8 Å². The summed E-state index contributed by atoms with van der Waals surface area (Å²) < 4.78 is 5.25. The molecule has 1 heterocycles. The van der Waals surface area contributed by atoms with Gasteiger partial charge in [0.05, 0.1) is 7.11 Å². The zero-order chi connectivity index (χ0) is 11.1. The first kappa shape index (κ1) is 9.40. The summed E-state index contributed by atoms with van der Waals surface area (Å²) in [6, 6.07) is 8.37. The van der Waals surface area contributed by atoms with Crippen LogP contribution in [-0.4, -0.2) is 12.1 Å². The number of pyridine rings is 1. The van der Waals surface area contributed by atoms with Crippen LogP contribution in [0.15, 0.2) is 30.5 Å². The molecule has 0 saturated heterocycles. The van der Waals surface area contributed by atoms with Gasteiger partial charge in [-0.05, 0) is 47.4 Å². The van der Waals surface area contributed by atoms with Crippen molar-refractivity contribution in [2.75, 3.05) is 7.11 Å². The van der Waals surface area contributed by atoms with E-state index in [0.717, 1.165) is 17.9 Å². The number of hydrogen-bond donors (Lipinski definition) is 0. The average molecular weight is 211 g/mol. The van der Waals surface area contributed by atoms with E-state index in [-0.39, 0.29) is 0 Å². The number of nitrogens with zero attached hydrogens (tertiary/aromatic N) is 1. The minimum atomic E-state index is 0.928. The smallest absolute Gasteiger partial charge is 0.119 e. The second-order valence-electron chi connectivity index (χ2n) is 4.12. The molecule has 1 aliphatic rings. The molecule has 2 nitrogen and oxygen atoms in total. The molecule has 3 rings (SSSR count). The Hall–Kier alpha value is -1.83. The minimum Gasteiger partial charge on any atom is -0.497 e. The van der Waals surface area contributed by atoms with Gasteiger partial charge in [-0.2, -0.15) is 0 Å². The predicted octanol–water partition coefficient (Wildman–Crippen LogP) is 2.97. The molecule has 0 bridgehead atoms. The van der Waals surface area contributed by atoms with Crippen LogP contribution in [0.3, 0.4) is 0 Å². The Kier molecular flexibility index (Phi) is 1.96. The van der Waals surface area contributed by atoms with Crippen LogP contribution < -0.4 is 4.74 Å². The van der Waals surface area contributed by atoms with Gasteiger partial charge >= 0.3 is 0 Å². The van der Waals surface area contributed by atoms with Gasteiger partial charge in [0.1, 0.15) is 5.75 Å². The fourth-order valence-corrected chi connectivity index (χ4v) is 2.37. The van der Waals surface area contributed by atoms with Gasteiger partial charge in [-0.15, -0.1) is 0 Å². The molecular weight excluding hydrogens is 198 g/mol. The Morgan fingerprint density at radius 3 is 2.88 bits per heavy atom. The number of aryl methyl sites for hydroxylation is 1. The van der Waals surface area contributed by atoms with Gasteiger partial charge in [0, 0.05) is 18.3 Å². The van der Waals surface area contributed by atoms with Crippen molar-refractivity contribution in [3.63, 3.8) is 0 Å². The summed E-state index contributed by atoms with van der Waals surface area (Å²) in [5.74, 6) is 0.928. The van der Waals surface area contributed by atoms with E-state index in [1.165, 1.54) is 22.3 Å². The first-order valence-electron chi connectivity index (χ1n) is 5.41. The Morgan fingerprint density at radius 1 is 1.19 bits per heavy atom. The Labute approximate surface area is 94.9 Å². The molecule has 1 aromatic carbocycles. The molecule has 1 aliphatic carbocycles. The second kappa shape index (κ2) is 3.34. The van der Waals surface area contributed by atoms with Gasteiger partial charge in [0.15, 0.2) is 0 Å². The molecule has 0 radical (unpaired) electrons. The van der Waals surface area contributed by atoms with E-state index in [1.54, 1.807) is 7.11 Å². The number of benzene rings is 1. The van der Waals surface area contributed by atoms with Crippen LogP contribution in [-0.2, 0) is 6.42 Å². The van der Waals surface area contributed by atoms with Gasteiger partial charge < -0.3 is 4.74 Å². The zero-order valence-electron chi connectivity index (χ0n) is 9.45. The zero-order valence-corrected chi connectivity index (χ0v) is 9.45. The summed E-state index contributed by atoms with van der Waals surface area (Å²) in [5, 5.41) is 0. The monoisotopic (exact) mass is 211 g/mol. The Bertz CT molecular complexity index is 561. The maximum Gasteiger partial charge on any atom is 0.119 e. The Balaban J connectivity index is 2.20. The lowest BCUT2D eigenvalue weighted by Gasteiger charge is -2.03. The molecule has 16 heavy (non-hydrogen) atoms. The highest BCUT2D eigenvalue weighted by molar-refractivity contribution is 5.77. The van der Waals surface area contributed by atoms with Crippen LogP contribution in [0, 0.1) is 6.92 Å². The summed E-state index contributed by atoms with van der Waals surface area (Å²) in [7, 11) is 1.70. The quantitative estimate of drug-likeness (QED) is 0.617. The molecule has 0 aliphatic heterocycles. The molecule has 2 aromatic rings. The number of methoxy groups -OCH3 is 1. The van der Waals surface area contributed by atoms with Crippen LogP contribution in [0.5, 0.6) is 5.75 Å². The predicted molar refractivity (Wildman–Crippen MR) is 63.8 cm³/mol. The third kappa shape index (κ3) is 1.23. The maximum atomic E-state index is 5.25. The molecule has 0 spiro atoms. The number of rotatable bonds is 1. The largest absolute Gasteiger partial charge is 0.497 e. The molecule has 0 atom stereocenters. The van der Waals surface area contributed by atoms with E-state index in [9.17, 15) is 0 Å². The normalized spacial score (nSPS) is 12.1. The van der Waals surface area contributed by atoms with Crippen molar-refractivity contribution in [1.82, 2.24) is 4.98 Å².